The van der Waals surface area contributed by atoms with Crippen LogP contribution in [0.5, 0.6) is 5.75 Å². The number of amides is 4. The highest BCUT2D eigenvalue weighted by molar-refractivity contribution is 6.30. The van der Waals surface area contributed by atoms with Gasteiger partial charge in [-0.2, -0.15) is 22.0 Å². The summed E-state index contributed by atoms with van der Waals surface area (Å²) in [5.41, 5.74) is 0.569. The summed E-state index contributed by atoms with van der Waals surface area (Å²) >= 11 is 6.11. The number of Topliss-reactive ketones (excluding diaryl/α,β-unsaturated/α-hetero) is 1. The van der Waals surface area contributed by atoms with Crippen LogP contribution in [0.25, 0.3) is 0 Å². The molecular weight excluding hydrogens is 693 g/mol. The largest absolute Gasteiger partial charge is 0.497 e. The van der Waals surface area contributed by atoms with Crippen LogP contribution in [0.2, 0.25) is 5.02 Å². The standard InChI is InChI=1S/C33H33ClF5N5O6/c1-18(2)25(27(45)33(38,39)31(49)41-17-32(35,36)37)43-30(48)26(20-10-12-22(50-3)13-11-20)44-29(47)24(16-19-7-6-8-21(34)15-19)42-28(46)23-9-4-5-14-40-23/h4-15,18,24-26H,16-17H2,1-3H3,(H,41,49)(H,42,46)(H,43,48)(H,44,47)/t24-,25+,26+/m1/s1. The second-order valence-corrected chi connectivity index (χ2v) is 11.7. The molecule has 0 unspecified atom stereocenters. The second-order valence-electron chi connectivity index (χ2n) is 11.3. The third-order valence-electron chi connectivity index (χ3n) is 7.14. The number of ketones is 1. The highest BCUT2D eigenvalue weighted by Crippen LogP contribution is 2.24. The zero-order chi connectivity index (χ0) is 37.2. The molecular formula is C33H33ClF5N5O6. The molecule has 17 heteroatoms. The molecule has 268 valence electrons. The predicted octanol–water partition coefficient (Wildman–Crippen LogP) is 3.97. The zero-order valence-electron chi connectivity index (χ0n) is 26.8. The van der Waals surface area contributed by atoms with E-state index in [1.807, 2.05) is 0 Å². The number of hydrogen-bond donors (Lipinski definition) is 4. The van der Waals surface area contributed by atoms with E-state index in [1.54, 1.807) is 36.4 Å². The first-order valence-corrected chi connectivity index (χ1v) is 15.3. The van der Waals surface area contributed by atoms with E-state index < -0.39 is 72.1 Å². The van der Waals surface area contributed by atoms with Crippen LogP contribution >= 0.6 is 11.6 Å². The topological polar surface area (TPSA) is 156 Å². The third-order valence-corrected chi connectivity index (χ3v) is 7.37. The zero-order valence-corrected chi connectivity index (χ0v) is 27.6. The molecule has 2 aromatic carbocycles. The van der Waals surface area contributed by atoms with E-state index in [0.29, 0.717) is 16.3 Å². The van der Waals surface area contributed by atoms with Crippen molar-refractivity contribution >= 4 is 41.0 Å². The van der Waals surface area contributed by atoms with Gasteiger partial charge in [0.2, 0.25) is 17.6 Å². The average molecular weight is 726 g/mol. The number of carbonyl (C=O) groups is 5. The van der Waals surface area contributed by atoms with Crippen molar-refractivity contribution in [3.05, 3.63) is 94.8 Å². The maximum atomic E-state index is 14.8. The van der Waals surface area contributed by atoms with Gasteiger partial charge in [-0.05, 0) is 53.4 Å². The van der Waals surface area contributed by atoms with Gasteiger partial charge in [-0.3, -0.25) is 29.0 Å². The fourth-order valence-corrected chi connectivity index (χ4v) is 4.76. The third kappa shape index (κ3) is 10.9. The lowest BCUT2D eigenvalue weighted by Crippen LogP contribution is -2.58. The van der Waals surface area contributed by atoms with Crippen LogP contribution in [0.1, 0.15) is 41.5 Å². The average Bonchev–Trinajstić information content (AvgIpc) is 3.07. The molecule has 1 aromatic heterocycles. The van der Waals surface area contributed by atoms with Gasteiger partial charge in [-0.15, -0.1) is 0 Å². The summed E-state index contributed by atoms with van der Waals surface area (Å²) in [4.78, 5) is 69.5. The number of pyridine rings is 1. The van der Waals surface area contributed by atoms with Crippen LogP contribution in [0.15, 0.2) is 72.9 Å². The van der Waals surface area contributed by atoms with E-state index in [0.717, 1.165) is 5.32 Å². The fraction of sp³-hybridized carbons (Fsp3) is 0.333. The van der Waals surface area contributed by atoms with Crippen LogP contribution in [-0.4, -0.2) is 72.2 Å². The quantitative estimate of drug-likeness (QED) is 0.137. The van der Waals surface area contributed by atoms with E-state index in [-0.39, 0.29) is 17.7 Å². The minimum Gasteiger partial charge on any atom is -0.497 e. The highest BCUT2D eigenvalue weighted by Gasteiger charge is 2.52. The van der Waals surface area contributed by atoms with E-state index in [2.05, 4.69) is 20.9 Å². The Labute approximate surface area is 288 Å². The fourth-order valence-electron chi connectivity index (χ4n) is 4.55. The number of nitrogens with one attached hydrogen (secondary N) is 4. The number of rotatable bonds is 15. The van der Waals surface area contributed by atoms with Gasteiger partial charge in [-0.1, -0.05) is 55.8 Å². The summed E-state index contributed by atoms with van der Waals surface area (Å²) in [7, 11) is 1.37. The maximum absolute atomic E-state index is 14.8. The highest BCUT2D eigenvalue weighted by atomic mass is 35.5. The number of aromatic nitrogens is 1. The predicted molar refractivity (Wildman–Crippen MR) is 170 cm³/mol. The van der Waals surface area contributed by atoms with Gasteiger partial charge in [0.1, 0.15) is 30.1 Å². The second kappa shape index (κ2) is 17.0. The minimum atomic E-state index is -5.04. The lowest BCUT2D eigenvalue weighted by molar-refractivity contribution is -0.165. The molecule has 0 bridgehead atoms. The van der Waals surface area contributed by atoms with Crippen LogP contribution in [0.4, 0.5) is 22.0 Å². The smallest absolute Gasteiger partial charge is 0.405 e. The number of alkyl halides is 5. The molecule has 4 amide bonds. The molecule has 1 heterocycles. The van der Waals surface area contributed by atoms with Crippen LogP contribution in [-0.2, 0) is 25.6 Å². The molecule has 3 atom stereocenters. The summed E-state index contributed by atoms with van der Waals surface area (Å²) in [5.74, 6) is -13.3. The van der Waals surface area contributed by atoms with Gasteiger partial charge in [0.05, 0.1) is 13.2 Å². The molecule has 3 rings (SSSR count). The first kappa shape index (κ1) is 39.3. The van der Waals surface area contributed by atoms with Crippen molar-refractivity contribution in [3.63, 3.8) is 0 Å². The van der Waals surface area contributed by atoms with E-state index in [1.165, 1.54) is 57.5 Å². The molecule has 11 nitrogen and oxygen atoms in total. The number of carbonyl (C=O) groups excluding carboxylic acids is 5. The van der Waals surface area contributed by atoms with Crippen molar-refractivity contribution in [2.24, 2.45) is 5.92 Å². The Bertz CT molecular complexity index is 1680. The van der Waals surface area contributed by atoms with Gasteiger partial charge in [0, 0.05) is 17.6 Å². The Hall–Kier alpha value is -5.12. The van der Waals surface area contributed by atoms with Crippen LogP contribution < -0.4 is 26.0 Å². The summed E-state index contributed by atoms with van der Waals surface area (Å²) in [6, 6.07) is 11.4. The Kier molecular flexibility index (Phi) is 13.4. The Morgan fingerprint density at radius 1 is 0.860 bits per heavy atom. The van der Waals surface area contributed by atoms with Gasteiger partial charge < -0.3 is 26.0 Å². The lowest BCUT2D eigenvalue weighted by Gasteiger charge is -2.28. The van der Waals surface area contributed by atoms with Crippen molar-refractivity contribution < 1.29 is 50.7 Å². The summed E-state index contributed by atoms with van der Waals surface area (Å²) in [6.45, 7) is 0.385. The molecule has 0 fully saturated rings. The van der Waals surface area contributed by atoms with Crippen LogP contribution in [0, 0.1) is 5.92 Å². The molecule has 3 aromatic rings. The van der Waals surface area contributed by atoms with Crippen molar-refractivity contribution in [1.82, 2.24) is 26.3 Å². The number of ether oxygens (including phenoxy) is 1. The molecule has 0 saturated carbocycles. The molecule has 0 spiro atoms. The number of hydrogen-bond acceptors (Lipinski definition) is 7. The lowest BCUT2D eigenvalue weighted by atomic mass is 9.94. The number of halogens is 6. The van der Waals surface area contributed by atoms with Gasteiger partial charge in [-0.25, -0.2) is 0 Å². The van der Waals surface area contributed by atoms with Crippen molar-refractivity contribution in [3.8, 4) is 5.75 Å². The first-order chi connectivity index (χ1) is 23.4. The van der Waals surface area contributed by atoms with Gasteiger partial charge in [0.25, 0.3) is 11.8 Å². The van der Waals surface area contributed by atoms with Gasteiger partial charge in [0.15, 0.2) is 0 Å². The van der Waals surface area contributed by atoms with E-state index in [9.17, 15) is 45.9 Å². The Morgan fingerprint density at radius 3 is 2.10 bits per heavy atom. The molecule has 50 heavy (non-hydrogen) atoms. The molecule has 0 aliphatic heterocycles. The molecule has 0 saturated heterocycles. The molecule has 4 N–H and O–H groups in total. The number of nitrogens with zero attached hydrogens (tertiary/aromatic N) is 1. The molecule has 0 aliphatic carbocycles. The summed E-state index contributed by atoms with van der Waals surface area (Å²) < 4.78 is 72.5. The van der Waals surface area contributed by atoms with E-state index in [4.69, 9.17) is 16.3 Å². The number of benzene rings is 2. The minimum absolute atomic E-state index is 0.0284. The Balaban J connectivity index is 1.95. The Morgan fingerprint density at radius 2 is 1.54 bits per heavy atom. The SMILES string of the molecule is COc1ccc([C@H](NC(=O)[C@@H](Cc2cccc(Cl)c2)NC(=O)c2ccccn2)C(=O)N[C@H](C(=O)C(F)(F)C(=O)NCC(F)(F)F)C(C)C)cc1. The summed E-state index contributed by atoms with van der Waals surface area (Å²) in [6.07, 6.45) is -3.80. The summed E-state index contributed by atoms with van der Waals surface area (Å²) in [5, 5.41) is 8.47. The van der Waals surface area contributed by atoms with E-state index >= 15 is 0 Å². The maximum Gasteiger partial charge on any atom is 0.405 e. The van der Waals surface area contributed by atoms with Crippen molar-refractivity contribution in [1.29, 1.82) is 0 Å². The number of methoxy groups -OCH3 is 1. The van der Waals surface area contributed by atoms with Gasteiger partial charge >= 0.3 is 12.1 Å². The normalized spacial score (nSPS) is 13.4. The first-order valence-electron chi connectivity index (χ1n) is 14.9. The molecule has 0 aliphatic rings. The molecule has 0 radical (unpaired) electrons. The monoisotopic (exact) mass is 725 g/mol. The van der Waals surface area contributed by atoms with Crippen molar-refractivity contribution in [2.75, 3.05) is 13.7 Å². The van der Waals surface area contributed by atoms with Crippen LogP contribution in [0.3, 0.4) is 0 Å². The van der Waals surface area contributed by atoms with Crippen molar-refractivity contribution in [2.45, 2.75) is 50.5 Å².